The molecule has 21 heavy (non-hydrogen) atoms. The van der Waals surface area contributed by atoms with Crippen molar-refractivity contribution < 1.29 is 31.9 Å². The van der Waals surface area contributed by atoms with Crippen LogP contribution in [0.2, 0.25) is 0 Å². The SMILES string of the molecule is O=C(O)C=Cc1ccc(-c2ccc(F)c(C(F)(F)F)c2)o1. The minimum atomic E-state index is -4.81. The number of carboxylic acid groups (broad SMARTS) is 1. The van der Waals surface area contributed by atoms with Gasteiger partial charge in [-0.05, 0) is 36.4 Å². The monoisotopic (exact) mass is 300 g/mol. The zero-order chi connectivity index (χ0) is 15.6. The molecule has 0 fully saturated rings. The van der Waals surface area contributed by atoms with E-state index in [1.54, 1.807) is 0 Å². The van der Waals surface area contributed by atoms with Gasteiger partial charge in [0.1, 0.15) is 17.3 Å². The Hall–Kier alpha value is -2.57. The maximum atomic E-state index is 13.2. The lowest BCUT2D eigenvalue weighted by Crippen LogP contribution is -2.08. The molecule has 0 radical (unpaired) electrons. The zero-order valence-corrected chi connectivity index (χ0v) is 10.3. The summed E-state index contributed by atoms with van der Waals surface area (Å²) in [5.41, 5.74) is -1.35. The Morgan fingerprint density at radius 3 is 2.52 bits per heavy atom. The first-order valence-corrected chi connectivity index (χ1v) is 5.65. The van der Waals surface area contributed by atoms with E-state index in [1.165, 1.54) is 12.1 Å². The minimum absolute atomic E-state index is 0.0405. The van der Waals surface area contributed by atoms with Crippen molar-refractivity contribution in [3.8, 4) is 11.3 Å². The molecule has 0 amide bonds. The second kappa shape index (κ2) is 5.43. The second-order valence-electron chi connectivity index (χ2n) is 4.07. The number of hydrogen-bond acceptors (Lipinski definition) is 2. The molecule has 1 aromatic carbocycles. The van der Waals surface area contributed by atoms with Gasteiger partial charge in [0.15, 0.2) is 0 Å². The van der Waals surface area contributed by atoms with E-state index in [4.69, 9.17) is 9.52 Å². The average molecular weight is 300 g/mol. The van der Waals surface area contributed by atoms with Gasteiger partial charge in [-0.1, -0.05) is 0 Å². The summed E-state index contributed by atoms with van der Waals surface area (Å²) in [6.45, 7) is 0. The fraction of sp³-hybridized carbons (Fsp3) is 0.0714. The molecule has 0 saturated heterocycles. The standard InChI is InChI=1S/C14H8F4O3/c15-11-4-1-8(7-10(11)14(16,17)18)12-5-2-9(21-12)3-6-13(19)20/h1-7H,(H,19,20). The summed E-state index contributed by atoms with van der Waals surface area (Å²) in [6, 6.07) is 5.25. The molecule has 1 aromatic heterocycles. The van der Waals surface area contributed by atoms with E-state index in [2.05, 4.69) is 0 Å². The van der Waals surface area contributed by atoms with Gasteiger partial charge in [0.25, 0.3) is 0 Å². The number of halogens is 4. The summed E-state index contributed by atoms with van der Waals surface area (Å²) in [6.07, 6.45) is -2.83. The Kier molecular flexibility index (Phi) is 3.84. The van der Waals surface area contributed by atoms with Gasteiger partial charge < -0.3 is 9.52 Å². The number of benzene rings is 1. The summed E-state index contributed by atoms with van der Waals surface area (Å²) < 4.78 is 56.2. The highest BCUT2D eigenvalue weighted by Crippen LogP contribution is 2.34. The molecule has 2 rings (SSSR count). The normalized spacial score (nSPS) is 12.0. The van der Waals surface area contributed by atoms with Gasteiger partial charge in [-0.3, -0.25) is 0 Å². The Morgan fingerprint density at radius 1 is 1.19 bits per heavy atom. The maximum absolute atomic E-state index is 13.2. The van der Waals surface area contributed by atoms with Crippen LogP contribution in [0.4, 0.5) is 17.6 Å². The second-order valence-corrected chi connectivity index (χ2v) is 4.07. The fourth-order valence-electron chi connectivity index (χ4n) is 1.65. The van der Waals surface area contributed by atoms with Crippen LogP contribution in [0.1, 0.15) is 11.3 Å². The number of carboxylic acids is 1. The van der Waals surface area contributed by atoms with E-state index in [1.807, 2.05) is 0 Å². The Morgan fingerprint density at radius 2 is 1.90 bits per heavy atom. The number of furan rings is 1. The quantitative estimate of drug-likeness (QED) is 0.682. The van der Waals surface area contributed by atoms with Crippen LogP contribution in [-0.2, 0) is 11.0 Å². The van der Waals surface area contributed by atoms with E-state index in [-0.39, 0.29) is 17.1 Å². The van der Waals surface area contributed by atoms with Crippen molar-refractivity contribution in [1.29, 1.82) is 0 Å². The average Bonchev–Trinajstić information content (AvgIpc) is 2.84. The highest BCUT2D eigenvalue weighted by atomic mass is 19.4. The Balaban J connectivity index is 2.37. The molecule has 2 aromatic rings. The van der Waals surface area contributed by atoms with Crippen LogP contribution in [-0.4, -0.2) is 11.1 Å². The van der Waals surface area contributed by atoms with Gasteiger partial charge in [0, 0.05) is 11.6 Å². The molecule has 0 aliphatic carbocycles. The molecule has 110 valence electrons. The number of aliphatic carboxylic acids is 1. The van der Waals surface area contributed by atoms with Crippen molar-refractivity contribution in [2.75, 3.05) is 0 Å². The van der Waals surface area contributed by atoms with Gasteiger partial charge in [-0.25, -0.2) is 9.18 Å². The van der Waals surface area contributed by atoms with Gasteiger partial charge in [-0.15, -0.1) is 0 Å². The molecule has 0 bridgehead atoms. The van der Waals surface area contributed by atoms with Gasteiger partial charge in [-0.2, -0.15) is 13.2 Å². The lowest BCUT2D eigenvalue weighted by molar-refractivity contribution is -0.140. The summed E-state index contributed by atoms with van der Waals surface area (Å²) in [5.74, 6) is -2.33. The van der Waals surface area contributed by atoms with Crippen molar-refractivity contribution in [2.45, 2.75) is 6.18 Å². The van der Waals surface area contributed by atoms with Crippen LogP contribution >= 0.6 is 0 Å². The number of hydrogen-bond donors (Lipinski definition) is 1. The van der Waals surface area contributed by atoms with Crippen LogP contribution in [0.25, 0.3) is 17.4 Å². The lowest BCUT2D eigenvalue weighted by atomic mass is 10.1. The number of carbonyl (C=O) groups is 1. The van der Waals surface area contributed by atoms with Gasteiger partial charge in [0.2, 0.25) is 0 Å². The summed E-state index contributed by atoms with van der Waals surface area (Å²) in [7, 11) is 0. The van der Waals surface area contributed by atoms with E-state index in [0.29, 0.717) is 12.1 Å². The predicted molar refractivity (Wildman–Crippen MR) is 65.8 cm³/mol. The largest absolute Gasteiger partial charge is 0.478 e. The van der Waals surface area contributed by atoms with E-state index < -0.39 is 23.5 Å². The zero-order valence-electron chi connectivity index (χ0n) is 10.3. The molecule has 7 heteroatoms. The molecule has 0 saturated carbocycles. The van der Waals surface area contributed by atoms with Crippen LogP contribution in [0.5, 0.6) is 0 Å². The highest BCUT2D eigenvalue weighted by Gasteiger charge is 2.34. The minimum Gasteiger partial charge on any atom is -0.478 e. The third-order valence-electron chi connectivity index (χ3n) is 2.57. The first-order valence-electron chi connectivity index (χ1n) is 5.65. The summed E-state index contributed by atoms with van der Waals surface area (Å²) in [4.78, 5) is 10.3. The van der Waals surface area contributed by atoms with Crippen molar-refractivity contribution >= 4 is 12.0 Å². The fourth-order valence-corrected chi connectivity index (χ4v) is 1.65. The number of alkyl halides is 3. The van der Waals surface area contributed by atoms with Crippen molar-refractivity contribution in [3.05, 3.63) is 53.5 Å². The summed E-state index contributed by atoms with van der Waals surface area (Å²) in [5, 5.41) is 8.46. The van der Waals surface area contributed by atoms with Crippen molar-refractivity contribution in [3.63, 3.8) is 0 Å². The first kappa shape index (κ1) is 14.8. The molecular weight excluding hydrogens is 292 g/mol. The molecule has 1 N–H and O–H groups in total. The topological polar surface area (TPSA) is 50.4 Å². The summed E-state index contributed by atoms with van der Waals surface area (Å²) >= 11 is 0. The Bertz CT molecular complexity index is 698. The lowest BCUT2D eigenvalue weighted by Gasteiger charge is -2.08. The number of rotatable bonds is 3. The molecule has 0 aliphatic rings. The Labute approximate surface area is 116 Å². The van der Waals surface area contributed by atoms with E-state index in [9.17, 15) is 22.4 Å². The molecular formula is C14H8F4O3. The molecule has 0 spiro atoms. The first-order chi connectivity index (χ1) is 9.77. The van der Waals surface area contributed by atoms with E-state index in [0.717, 1.165) is 18.2 Å². The van der Waals surface area contributed by atoms with E-state index >= 15 is 0 Å². The van der Waals surface area contributed by atoms with Crippen molar-refractivity contribution in [2.24, 2.45) is 0 Å². The van der Waals surface area contributed by atoms with Gasteiger partial charge >= 0.3 is 12.1 Å². The third kappa shape index (κ3) is 3.50. The highest BCUT2D eigenvalue weighted by molar-refractivity contribution is 5.84. The molecule has 0 aliphatic heterocycles. The molecule has 3 nitrogen and oxygen atoms in total. The third-order valence-corrected chi connectivity index (χ3v) is 2.57. The van der Waals surface area contributed by atoms with Gasteiger partial charge in [0.05, 0.1) is 5.56 Å². The molecule has 1 heterocycles. The molecule has 0 unspecified atom stereocenters. The van der Waals surface area contributed by atoms with Crippen LogP contribution in [0, 0.1) is 5.82 Å². The van der Waals surface area contributed by atoms with Crippen molar-refractivity contribution in [1.82, 2.24) is 0 Å². The maximum Gasteiger partial charge on any atom is 0.419 e. The van der Waals surface area contributed by atoms with Crippen LogP contribution < -0.4 is 0 Å². The van der Waals surface area contributed by atoms with Crippen LogP contribution in [0.3, 0.4) is 0 Å². The smallest absolute Gasteiger partial charge is 0.419 e. The predicted octanol–water partition coefficient (Wildman–Crippen LogP) is 4.20. The van der Waals surface area contributed by atoms with Crippen LogP contribution in [0.15, 0.2) is 40.8 Å². The molecule has 0 atom stereocenters.